The van der Waals surface area contributed by atoms with E-state index in [-0.39, 0.29) is 30.7 Å². The van der Waals surface area contributed by atoms with E-state index in [1.165, 1.54) is 6.07 Å². The molecule has 1 aromatic carbocycles. The number of amides is 2. The number of benzene rings is 1. The van der Waals surface area contributed by atoms with Crippen LogP contribution in [0.4, 0.5) is 4.79 Å². The molecule has 3 rings (SSSR count). The summed E-state index contributed by atoms with van der Waals surface area (Å²) < 4.78 is 12.5. The monoisotopic (exact) mass is 399 g/mol. The Morgan fingerprint density at radius 2 is 1.97 bits per heavy atom. The fraction of sp³-hybridized carbons (Fsp3) is 0.381. The third-order valence-corrected chi connectivity index (χ3v) is 4.87. The van der Waals surface area contributed by atoms with Crippen molar-refractivity contribution in [2.45, 2.75) is 26.1 Å². The molecule has 0 saturated carbocycles. The van der Waals surface area contributed by atoms with E-state index in [0.717, 1.165) is 11.3 Å². The zero-order valence-electron chi connectivity index (χ0n) is 16.6. The van der Waals surface area contributed by atoms with Crippen molar-refractivity contribution in [1.82, 2.24) is 14.8 Å². The molecule has 2 amide bonds. The Morgan fingerprint density at radius 3 is 2.69 bits per heavy atom. The van der Waals surface area contributed by atoms with E-state index in [0.29, 0.717) is 25.3 Å². The minimum Gasteiger partial charge on any atom is -0.488 e. The van der Waals surface area contributed by atoms with Gasteiger partial charge in [0.15, 0.2) is 0 Å². The van der Waals surface area contributed by atoms with E-state index >= 15 is 0 Å². The third-order valence-electron chi connectivity index (χ3n) is 4.87. The van der Waals surface area contributed by atoms with Gasteiger partial charge in [0.1, 0.15) is 25.0 Å². The number of alkyl carbamates (subject to hydrolysis) is 1. The second kappa shape index (κ2) is 9.27. The van der Waals surface area contributed by atoms with Crippen LogP contribution in [-0.2, 0) is 23.2 Å². The van der Waals surface area contributed by atoms with Crippen LogP contribution in [0.5, 0.6) is 5.75 Å². The lowest BCUT2D eigenvalue weighted by molar-refractivity contribution is -0.129. The van der Waals surface area contributed by atoms with Crippen molar-refractivity contribution in [3.63, 3.8) is 0 Å². The maximum atomic E-state index is 12.3. The lowest BCUT2D eigenvalue weighted by Gasteiger charge is -2.18. The average Bonchev–Trinajstić information content (AvgIpc) is 3.18. The van der Waals surface area contributed by atoms with Crippen LogP contribution in [0.1, 0.15) is 17.7 Å². The summed E-state index contributed by atoms with van der Waals surface area (Å²) >= 11 is 0. The summed E-state index contributed by atoms with van der Waals surface area (Å²) in [7, 11) is 1.70. The Kier molecular flexibility index (Phi) is 6.54. The van der Waals surface area contributed by atoms with Crippen molar-refractivity contribution >= 4 is 12.0 Å². The minimum atomic E-state index is -0.634. The second-order valence-electron chi connectivity index (χ2n) is 7.01. The minimum absolute atomic E-state index is 0.134. The Balaban J connectivity index is 1.42. The predicted octanol–water partition coefficient (Wildman–Crippen LogP) is 1.60. The largest absolute Gasteiger partial charge is 0.488 e. The number of carbonyl (C=O) groups is 2. The number of aryl methyl sites for hydroxylation is 1. The molecule has 0 radical (unpaired) electrons. The van der Waals surface area contributed by atoms with Gasteiger partial charge in [-0.2, -0.15) is 0 Å². The van der Waals surface area contributed by atoms with Crippen LogP contribution in [0, 0.1) is 6.92 Å². The molecule has 1 aliphatic rings. The van der Waals surface area contributed by atoms with Gasteiger partial charge in [-0.1, -0.05) is 30.3 Å². The molecule has 154 valence electrons. The molecule has 1 saturated heterocycles. The molecule has 1 N–H and O–H groups in total. The van der Waals surface area contributed by atoms with Gasteiger partial charge in [0.2, 0.25) is 5.91 Å². The first-order chi connectivity index (χ1) is 13.9. The van der Waals surface area contributed by atoms with Crippen molar-refractivity contribution in [3.8, 4) is 5.75 Å². The molecule has 0 aliphatic carbocycles. The molecule has 1 fully saturated rings. The molecule has 1 atom stereocenters. The standard InChI is InChI=1S/C21H25N3O5/c1-15-10-18(11-19(25)23(15)2)29-17-8-9-24(13-17)20(26)12-22-21(27)28-14-16-6-4-3-5-7-16/h3-7,10-11,17H,8-9,12-14H2,1-2H3,(H,22,27). The lowest BCUT2D eigenvalue weighted by Crippen LogP contribution is -2.40. The van der Waals surface area contributed by atoms with Crippen molar-refractivity contribution in [2.75, 3.05) is 19.6 Å². The van der Waals surface area contributed by atoms with Crippen LogP contribution in [0.3, 0.4) is 0 Å². The van der Waals surface area contributed by atoms with Crippen molar-refractivity contribution in [1.29, 1.82) is 0 Å². The number of hydrogen-bond acceptors (Lipinski definition) is 5. The maximum absolute atomic E-state index is 12.3. The number of likely N-dealkylation sites (tertiary alicyclic amines) is 1. The third kappa shape index (κ3) is 5.60. The molecule has 29 heavy (non-hydrogen) atoms. The van der Waals surface area contributed by atoms with Gasteiger partial charge in [0, 0.05) is 31.8 Å². The first kappa shape index (κ1) is 20.4. The van der Waals surface area contributed by atoms with Gasteiger partial charge in [-0.15, -0.1) is 0 Å². The van der Waals surface area contributed by atoms with E-state index < -0.39 is 6.09 Å². The summed E-state index contributed by atoms with van der Waals surface area (Å²) in [6.07, 6.45) is -0.154. The van der Waals surface area contributed by atoms with Crippen LogP contribution in [0.25, 0.3) is 0 Å². The fourth-order valence-electron chi connectivity index (χ4n) is 3.08. The lowest BCUT2D eigenvalue weighted by atomic mass is 10.2. The van der Waals surface area contributed by atoms with Crippen LogP contribution in [0.15, 0.2) is 47.3 Å². The van der Waals surface area contributed by atoms with Crippen LogP contribution >= 0.6 is 0 Å². The second-order valence-corrected chi connectivity index (χ2v) is 7.01. The van der Waals surface area contributed by atoms with Gasteiger partial charge < -0.3 is 24.3 Å². The highest BCUT2D eigenvalue weighted by Crippen LogP contribution is 2.18. The Bertz CT molecular complexity index is 926. The molecule has 0 spiro atoms. The number of rotatable bonds is 6. The quantitative estimate of drug-likeness (QED) is 0.797. The first-order valence-electron chi connectivity index (χ1n) is 9.49. The Morgan fingerprint density at radius 1 is 1.21 bits per heavy atom. The zero-order valence-corrected chi connectivity index (χ0v) is 16.6. The highest BCUT2D eigenvalue weighted by Gasteiger charge is 2.28. The molecule has 8 heteroatoms. The number of pyridine rings is 1. The van der Waals surface area contributed by atoms with Crippen LogP contribution < -0.4 is 15.6 Å². The van der Waals surface area contributed by atoms with E-state index in [9.17, 15) is 14.4 Å². The highest BCUT2D eigenvalue weighted by atomic mass is 16.5. The van der Waals surface area contributed by atoms with E-state index in [1.807, 2.05) is 37.3 Å². The summed E-state index contributed by atoms with van der Waals surface area (Å²) in [6.45, 7) is 2.80. The zero-order chi connectivity index (χ0) is 20.8. The summed E-state index contributed by atoms with van der Waals surface area (Å²) in [5.41, 5.74) is 1.54. The van der Waals surface area contributed by atoms with Crippen LogP contribution in [0.2, 0.25) is 0 Å². The molecule has 2 heterocycles. The normalized spacial score (nSPS) is 15.8. The molecule has 8 nitrogen and oxygen atoms in total. The van der Waals surface area contributed by atoms with Gasteiger partial charge in [-0.05, 0) is 18.6 Å². The van der Waals surface area contributed by atoms with E-state index in [1.54, 1.807) is 22.6 Å². The number of nitrogens with one attached hydrogen (secondary N) is 1. The van der Waals surface area contributed by atoms with Crippen molar-refractivity contribution in [3.05, 3.63) is 64.1 Å². The molecule has 1 aliphatic heterocycles. The van der Waals surface area contributed by atoms with Crippen molar-refractivity contribution in [2.24, 2.45) is 7.05 Å². The van der Waals surface area contributed by atoms with Gasteiger partial charge >= 0.3 is 6.09 Å². The predicted molar refractivity (Wildman–Crippen MR) is 107 cm³/mol. The van der Waals surface area contributed by atoms with Crippen LogP contribution in [-0.4, -0.2) is 47.2 Å². The first-order valence-corrected chi connectivity index (χ1v) is 9.49. The summed E-state index contributed by atoms with van der Waals surface area (Å²) in [4.78, 5) is 37.6. The van der Waals surface area contributed by atoms with E-state index in [2.05, 4.69) is 5.32 Å². The van der Waals surface area contributed by atoms with Gasteiger partial charge in [-0.3, -0.25) is 9.59 Å². The number of hydrogen-bond donors (Lipinski definition) is 1. The maximum Gasteiger partial charge on any atom is 0.407 e. The number of aromatic nitrogens is 1. The Labute approximate surface area is 169 Å². The topological polar surface area (TPSA) is 89.9 Å². The van der Waals surface area contributed by atoms with Gasteiger partial charge in [0.05, 0.1) is 6.54 Å². The summed E-state index contributed by atoms with van der Waals surface area (Å²) in [5, 5.41) is 2.48. The number of carbonyl (C=O) groups excluding carboxylic acids is 2. The van der Waals surface area contributed by atoms with Gasteiger partial charge in [-0.25, -0.2) is 4.79 Å². The molecule has 2 aromatic rings. The van der Waals surface area contributed by atoms with Crippen molar-refractivity contribution < 1.29 is 19.1 Å². The SMILES string of the molecule is Cc1cc(OC2CCN(C(=O)CNC(=O)OCc3ccccc3)C2)cc(=O)n1C. The summed E-state index contributed by atoms with van der Waals surface area (Å²) in [6, 6.07) is 12.6. The number of nitrogens with zero attached hydrogens (tertiary/aromatic N) is 2. The molecular formula is C21H25N3O5. The smallest absolute Gasteiger partial charge is 0.407 e. The number of ether oxygens (including phenoxy) is 2. The highest BCUT2D eigenvalue weighted by molar-refractivity contribution is 5.82. The molecular weight excluding hydrogens is 374 g/mol. The summed E-state index contributed by atoms with van der Waals surface area (Å²) in [5.74, 6) is 0.306. The fourth-order valence-corrected chi connectivity index (χ4v) is 3.08. The molecule has 1 unspecified atom stereocenters. The van der Waals surface area contributed by atoms with Gasteiger partial charge in [0.25, 0.3) is 5.56 Å². The average molecular weight is 399 g/mol. The molecule has 0 bridgehead atoms. The molecule has 1 aromatic heterocycles. The Hall–Kier alpha value is -3.29. The van der Waals surface area contributed by atoms with E-state index in [4.69, 9.17) is 9.47 Å².